The fourth-order valence-corrected chi connectivity index (χ4v) is 3.05. The molecule has 78 valence electrons. The van der Waals surface area contributed by atoms with Crippen LogP contribution in [0.3, 0.4) is 0 Å². The van der Waals surface area contributed by atoms with E-state index in [0.29, 0.717) is 11.7 Å². The van der Waals surface area contributed by atoms with Crippen molar-refractivity contribution in [1.82, 2.24) is 0 Å². The molecule has 0 heterocycles. The number of carbonyl (C=O) groups excluding carboxylic acids is 1. The van der Waals surface area contributed by atoms with E-state index in [1.54, 1.807) is 0 Å². The van der Waals surface area contributed by atoms with Crippen LogP contribution in [-0.4, -0.2) is 17.5 Å². The molecular formula is C12H18O2. The van der Waals surface area contributed by atoms with Gasteiger partial charge in [0.05, 0.1) is 6.61 Å². The van der Waals surface area contributed by atoms with Gasteiger partial charge in [0, 0.05) is 10.8 Å². The third-order valence-electron chi connectivity index (χ3n) is 4.25. The number of fused-ring (bicyclic) bond motifs is 2. The largest absolute Gasteiger partial charge is 0.392 e. The second kappa shape index (κ2) is 2.69. The van der Waals surface area contributed by atoms with Crippen molar-refractivity contribution in [3.8, 4) is 0 Å². The lowest BCUT2D eigenvalue weighted by Crippen LogP contribution is -2.52. The van der Waals surface area contributed by atoms with E-state index < -0.39 is 0 Å². The van der Waals surface area contributed by atoms with E-state index in [1.165, 1.54) is 0 Å². The van der Waals surface area contributed by atoms with Gasteiger partial charge in [0.2, 0.25) is 0 Å². The fourth-order valence-electron chi connectivity index (χ4n) is 3.05. The van der Waals surface area contributed by atoms with Crippen molar-refractivity contribution in [1.29, 1.82) is 0 Å². The number of carbonyl (C=O) groups is 1. The number of hydrogen-bond donors (Lipinski definition) is 1. The highest BCUT2D eigenvalue weighted by atomic mass is 16.3. The van der Waals surface area contributed by atoms with Crippen LogP contribution in [0.4, 0.5) is 0 Å². The normalized spacial score (nSPS) is 39.9. The van der Waals surface area contributed by atoms with E-state index in [4.69, 9.17) is 0 Å². The smallest absolute Gasteiger partial charge is 0.149 e. The molecule has 0 aromatic carbocycles. The van der Waals surface area contributed by atoms with Gasteiger partial charge in [-0.3, -0.25) is 4.79 Å². The van der Waals surface area contributed by atoms with Crippen molar-refractivity contribution in [3.05, 3.63) is 11.6 Å². The average molecular weight is 194 g/mol. The fraction of sp³-hybridized carbons (Fsp3) is 0.750. The molecule has 2 heteroatoms. The minimum Gasteiger partial charge on any atom is -0.392 e. The number of aliphatic hydroxyl groups excluding tert-OH is 1. The summed E-state index contributed by atoms with van der Waals surface area (Å²) in [5, 5.41) is 9.25. The Morgan fingerprint density at radius 2 is 2.14 bits per heavy atom. The maximum atomic E-state index is 12.2. The zero-order chi connectivity index (χ0) is 10.6. The lowest BCUT2D eigenvalue weighted by atomic mass is 9.51. The zero-order valence-corrected chi connectivity index (χ0v) is 9.13. The van der Waals surface area contributed by atoms with Gasteiger partial charge in [0.15, 0.2) is 0 Å². The predicted molar refractivity (Wildman–Crippen MR) is 54.8 cm³/mol. The first kappa shape index (κ1) is 9.91. The Bertz CT molecular complexity index is 314. The van der Waals surface area contributed by atoms with Crippen molar-refractivity contribution in [2.24, 2.45) is 16.7 Å². The average Bonchev–Trinajstić information content (AvgIpc) is 2.14. The standard InChI is InChI=1S/C12H18O2/c1-11(2)8-4-5-12(3,10(11)14)9(6-8)7-13/h6,8,13H,4-5,7H2,1-3H3. The summed E-state index contributed by atoms with van der Waals surface area (Å²) in [6, 6.07) is 0. The Morgan fingerprint density at radius 1 is 1.50 bits per heavy atom. The van der Waals surface area contributed by atoms with Gasteiger partial charge in [-0.1, -0.05) is 19.9 Å². The summed E-state index contributed by atoms with van der Waals surface area (Å²) in [4.78, 5) is 12.2. The summed E-state index contributed by atoms with van der Waals surface area (Å²) in [7, 11) is 0. The van der Waals surface area contributed by atoms with Gasteiger partial charge in [-0.25, -0.2) is 0 Å². The van der Waals surface area contributed by atoms with Crippen molar-refractivity contribution < 1.29 is 9.90 Å². The van der Waals surface area contributed by atoms with E-state index in [-0.39, 0.29) is 17.4 Å². The Morgan fingerprint density at radius 3 is 2.71 bits per heavy atom. The molecule has 2 bridgehead atoms. The van der Waals surface area contributed by atoms with Gasteiger partial charge in [0.1, 0.15) is 5.78 Å². The van der Waals surface area contributed by atoms with Crippen molar-refractivity contribution in [2.45, 2.75) is 33.6 Å². The quantitative estimate of drug-likeness (QED) is 0.648. The van der Waals surface area contributed by atoms with Crippen LogP contribution in [0.25, 0.3) is 0 Å². The minimum atomic E-state index is -0.382. The molecule has 2 unspecified atom stereocenters. The Kier molecular flexibility index (Phi) is 1.91. The van der Waals surface area contributed by atoms with Crippen LogP contribution in [0, 0.1) is 16.7 Å². The van der Waals surface area contributed by atoms with Crippen LogP contribution >= 0.6 is 0 Å². The number of Topliss-reactive ketones (excluding diaryl/α,β-unsaturated/α-hetero) is 1. The third kappa shape index (κ3) is 0.977. The molecule has 0 aromatic heterocycles. The third-order valence-corrected chi connectivity index (χ3v) is 4.25. The van der Waals surface area contributed by atoms with Crippen molar-refractivity contribution >= 4 is 5.78 Å². The highest BCUT2D eigenvalue weighted by molar-refractivity contribution is 5.94. The second-order valence-electron chi connectivity index (χ2n) is 5.38. The number of allylic oxidation sites excluding steroid dienone is 1. The van der Waals surface area contributed by atoms with E-state index in [1.807, 2.05) is 20.8 Å². The molecule has 3 aliphatic rings. The van der Waals surface area contributed by atoms with Gasteiger partial charge >= 0.3 is 0 Å². The molecule has 1 N–H and O–H groups in total. The first-order valence-electron chi connectivity index (χ1n) is 5.30. The molecule has 0 spiro atoms. The molecule has 3 aliphatic carbocycles. The Hall–Kier alpha value is -0.630. The molecule has 1 fully saturated rings. The predicted octanol–water partition coefficient (Wildman–Crippen LogP) is 1.93. The highest BCUT2D eigenvalue weighted by Gasteiger charge is 2.54. The summed E-state index contributed by atoms with van der Waals surface area (Å²) >= 11 is 0. The highest BCUT2D eigenvalue weighted by Crippen LogP contribution is 2.55. The Labute approximate surface area is 85.0 Å². The number of aliphatic hydroxyl groups is 1. The second-order valence-corrected chi connectivity index (χ2v) is 5.38. The molecule has 14 heavy (non-hydrogen) atoms. The number of rotatable bonds is 1. The van der Waals surface area contributed by atoms with Crippen molar-refractivity contribution in [2.75, 3.05) is 6.61 Å². The molecule has 0 saturated heterocycles. The topological polar surface area (TPSA) is 37.3 Å². The van der Waals surface area contributed by atoms with E-state index in [9.17, 15) is 9.90 Å². The van der Waals surface area contributed by atoms with Crippen LogP contribution in [-0.2, 0) is 4.79 Å². The van der Waals surface area contributed by atoms with Gasteiger partial charge < -0.3 is 5.11 Å². The van der Waals surface area contributed by atoms with E-state index >= 15 is 0 Å². The van der Waals surface area contributed by atoms with E-state index in [0.717, 1.165) is 18.4 Å². The molecule has 2 atom stereocenters. The molecule has 0 radical (unpaired) electrons. The SMILES string of the molecule is CC12CCC(C=C1CO)C(C)(C)C2=O. The Balaban J connectivity index is 2.53. The van der Waals surface area contributed by atoms with Crippen LogP contribution in [0.2, 0.25) is 0 Å². The maximum absolute atomic E-state index is 12.2. The first-order valence-corrected chi connectivity index (χ1v) is 5.30. The van der Waals surface area contributed by atoms with E-state index in [2.05, 4.69) is 6.08 Å². The molecule has 1 saturated carbocycles. The van der Waals surface area contributed by atoms with Gasteiger partial charge in [-0.15, -0.1) is 0 Å². The summed E-state index contributed by atoms with van der Waals surface area (Å²) in [6.45, 7) is 6.08. The summed E-state index contributed by atoms with van der Waals surface area (Å²) in [6.07, 6.45) is 4.12. The summed E-state index contributed by atoms with van der Waals surface area (Å²) in [5.41, 5.74) is 0.330. The van der Waals surface area contributed by atoms with Gasteiger partial charge in [0.25, 0.3) is 0 Å². The maximum Gasteiger partial charge on any atom is 0.149 e. The lowest BCUT2D eigenvalue weighted by molar-refractivity contribution is -0.143. The van der Waals surface area contributed by atoms with Crippen LogP contribution in [0.1, 0.15) is 33.6 Å². The monoisotopic (exact) mass is 194 g/mol. The molecule has 0 aromatic rings. The van der Waals surface area contributed by atoms with Crippen LogP contribution in [0.15, 0.2) is 11.6 Å². The molecule has 0 amide bonds. The summed E-state index contributed by atoms with van der Waals surface area (Å²) in [5.74, 6) is 0.645. The molecule has 0 aliphatic heterocycles. The minimum absolute atomic E-state index is 0.0365. The van der Waals surface area contributed by atoms with Gasteiger partial charge in [-0.05, 0) is 31.3 Å². The van der Waals surface area contributed by atoms with Crippen molar-refractivity contribution in [3.63, 3.8) is 0 Å². The zero-order valence-electron chi connectivity index (χ0n) is 9.13. The lowest BCUT2D eigenvalue weighted by Gasteiger charge is -2.51. The van der Waals surface area contributed by atoms with Crippen LogP contribution in [0.5, 0.6) is 0 Å². The number of hydrogen-bond acceptors (Lipinski definition) is 2. The number of ketones is 1. The van der Waals surface area contributed by atoms with Crippen LogP contribution < -0.4 is 0 Å². The molecule has 3 rings (SSSR count). The summed E-state index contributed by atoms with van der Waals surface area (Å²) < 4.78 is 0. The van der Waals surface area contributed by atoms with Gasteiger partial charge in [-0.2, -0.15) is 0 Å². The first-order chi connectivity index (χ1) is 6.43. The molecular weight excluding hydrogens is 176 g/mol. The molecule has 2 nitrogen and oxygen atoms in total.